The van der Waals surface area contributed by atoms with E-state index in [0.717, 1.165) is 11.6 Å². The van der Waals surface area contributed by atoms with Crippen LogP contribution in [0.2, 0.25) is 0 Å². The molecule has 0 aliphatic rings. The van der Waals surface area contributed by atoms with Gasteiger partial charge in [-0.3, -0.25) is 0 Å². The van der Waals surface area contributed by atoms with Crippen LogP contribution in [0.3, 0.4) is 0 Å². The lowest BCUT2D eigenvalue weighted by Gasteiger charge is -2.18. The molecule has 0 saturated carbocycles. The van der Waals surface area contributed by atoms with E-state index in [0.29, 0.717) is 0 Å². The van der Waals surface area contributed by atoms with E-state index >= 15 is 0 Å². The lowest BCUT2D eigenvalue weighted by atomic mass is 9.88. The molecule has 0 radical (unpaired) electrons. The van der Waals surface area contributed by atoms with Crippen molar-refractivity contribution in [3.8, 4) is 0 Å². The third-order valence-electron chi connectivity index (χ3n) is 7.00. The summed E-state index contributed by atoms with van der Waals surface area (Å²) in [7, 11) is 0. The molecule has 1 unspecified atom stereocenters. The normalized spacial score (nSPS) is 12.3. The monoisotopic (exact) mass is 429 g/mol. The Bertz CT molecular complexity index is 495. The second-order valence-electron chi connectivity index (χ2n) is 10.0. The van der Waals surface area contributed by atoms with Crippen molar-refractivity contribution in [3.63, 3.8) is 0 Å². The Labute approximate surface area is 196 Å². The summed E-state index contributed by atoms with van der Waals surface area (Å²) in [5.41, 5.74) is 8.62. The number of unbranched alkanes of at least 4 members (excludes halogenated alkanes) is 16. The van der Waals surface area contributed by atoms with E-state index < -0.39 is 0 Å². The molecule has 1 atom stereocenters. The second kappa shape index (κ2) is 20.9. The minimum Gasteiger partial charge on any atom is -0.399 e. The minimum absolute atomic E-state index is 0.818. The van der Waals surface area contributed by atoms with Crippen LogP contribution >= 0.6 is 0 Å². The second-order valence-corrected chi connectivity index (χ2v) is 10.0. The van der Waals surface area contributed by atoms with Crippen molar-refractivity contribution in [2.45, 2.75) is 149 Å². The maximum absolute atomic E-state index is 6.26. The van der Waals surface area contributed by atoms with Gasteiger partial charge in [0.25, 0.3) is 0 Å². The van der Waals surface area contributed by atoms with Crippen LogP contribution in [0, 0.1) is 5.92 Å². The van der Waals surface area contributed by atoms with Crippen LogP contribution in [-0.4, -0.2) is 0 Å². The molecule has 1 rings (SSSR count). The molecular formula is C30H55N. The Balaban J connectivity index is 2.21. The molecule has 0 aromatic heterocycles. The fraction of sp³-hybridized carbons (Fsp3) is 0.800. The van der Waals surface area contributed by atoms with E-state index in [9.17, 15) is 0 Å². The molecule has 1 aromatic carbocycles. The van der Waals surface area contributed by atoms with Gasteiger partial charge in [0.05, 0.1) is 0 Å². The summed E-state index contributed by atoms with van der Waals surface area (Å²) >= 11 is 0. The van der Waals surface area contributed by atoms with Crippen molar-refractivity contribution in [2.24, 2.45) is 5.92 Å². The Morgan fingerprint density at radius 3 is 1.35 bits per heavy atom. The van der Waals surface area contributed by atoms with Crippen molar-refractivity contribution < 1.29 is 0 Å². The molecular weight excluding hydrogens is 374 g/mol. The molecule has 180 valence electrons. The number of hydrogen-bond donors (Lipinski definition) is 1. The standard InChI is InChI=1S/C30H55N/c1-3-5-7-9-11-13-14-16-18-20-24-28(27-29-25-21-22-26-30(29)31)23-19-17-15-12-10-8-6-4-2/h21-22,25-26,28H,3-20,23-24,27,31H2,1-2H3. The van der Waals surface area contributed by atoms with Crippen molar-refractivity contribution in [3.05, 3.63) is 29.8 Å². The van der Waals surface area contributed by atoms with Gasteiger partial charge in [0.2, 0.25) is 0 Å². The highest BCUT2D eigenvalue weighted by atomic mass is 14.6. The maximum atomic E-state index is 6.26. The predicted molar refractivity (Wildman–Crippen MR) is 142 cm³/mol. The molecule has 0 bridgehead atoms. The van der Waals surface area contributed by atoms with Gasteiger partial charge in [-0.15, -0.1) is 0 Å². The summed E-state index contributed by atoms with van der Waals surface area (Å²) in [6.07, 6.45) is 29.6. The molecule has 0 aliphatic carbocycles. The fourth-order valence-corrected chi connectivity index (χ4v) is 4.87. The van der Waals surface area contributed by atoms with E-state index in [1.807, 2.05) is 0 Å². The van der Waals surface area contributed by atoms with E-state index in [1.165, 1.54) is 140 Å². The molecule has 0 amide bonds. The lowest BCUT2D eigenvalue weighted by molar-refractivity contribution is 0.400. The van der Waals surface area contributed by atoms with Gasteiger partial charge in [-0.05, 0) is 24.0 Å². The fourth-order valence-electron chi connectivity index (χ4n) is 4.87. The smallest absolute Gasteiger partial charge is 0.0346 e. The molecule has 0 saturated heterocycles. The zero-order valence-electron chi connectivity index (χ0n) is 21.3. The molecule has 2 N–H and O–H groups in total. The van der Waals surface area contributed by atoms with Gasteiger partial charge in [-0.25, -0.2) is 0 Å². The zero-order chi connectivity index (χ0) is 22.4. The van der Waals surface area contributed by atoms with Crippen molar-refractivity contribution in [1.82, 2.24) is 0 Å². The third kappa shape index (κ3) is 16.3. The van der Waals surface area contributed by atoms with Gasteiger partial charge in [0.1, 0.15) is 0 Å². The maximum Gasteiger partial charge on any atom is 0.0346 e. The van der Waals surface area contributed by atoms with Gasteiger partial charge in [-0.2, -0.15) is 0 Å². The SMILES string of the molecule is CCCCCCCCCCCCC(CCCCCCCCCC)Cc1ccccc1N. The number of rotatable bonds is 22. The first-order valence-corrected chi connectivity index (χ1v) is 14.1. The predicted octanol–water partition coefficient (Wildman–Crippen LogP) is 10.3. The van der Waals surface area contributed by atoms with Crippen LogP contribution in [-0.2, 0) is 6.42 Å². The summed E-state index contributed by atoms with van der Waals surface area (Å²) in [4.78, 5) is 0. The lowest BCUT2D eigenvalue weighted by Crippen LogP contribution is -2.07. The highest BCUT2D eigenvalue weighted by Gasteiger charge is 2.11. The van der Waals surface area contributed by atoms with Crippen molar-refractivity contribution in [1.29, 1.82) is 0 Å². The molecule has 0 aliphatic heterocycles. The highest BCUT2D eigenvalue weighted by Crippen LogP contribution is 2.25. The first-order valence-electron chi connectivity index (χ1n) is 14.1. The van der Waals surface area contributed by atoms with Crippen LogP contribution in [0.4, 0.5) is 5.69 Å². The van der Waals surface area contributed by atoms with E-state index in [-0.39, 0.29) is 0 Å². The van der Waals surface area contributed by atoms with Crippen LogP contribution in [0.15, 0.2) is 24.3 Å². The van der Waals surface area contributed by atoms with E-state index in [2.05, 4.69) is 38.1 Å². The first-order chi connectivity index (χ1) is 15.3. The number of nitrogen functional groups attached to an aromatic ring is 1. The topological polar surface area (TPSA) is 26.0 Å². The molecule has 1 nitrogen and oxygen atoms in total. The Morgan fingerprint density at radius 1 is 0.548 bits per heavy atom. The summed E-state index contributed by atoms with van der Waals surface area (Å²) in [6, 6.07) is 8.53. The first kappa shape index (κ1) is 28.1. The molecule has 0 fully saturated rings. The average molecular weight is 430 g/mol. The van der Waals surface area contributed by atoms with Crippen molar-refractivity contribution in [2.75, 3.05) is 5.73 Å². The van der Waals surface area contributed by atoms with Crippen molar-refractivity contribution >= 4 is 5.69 Å². The quantitative estimate of drug-likeness (QED) is 0.144. The number of anilines is 1. The molecule has 1 aromatic rings. The number of benzene rings is 1. The number of para-hydroxylation sites is 1. The summed E-state index contributed by atoms with van der Waals surface area (Å²) < 4.78 is 0. The summed E-state index contributed by atoms with van der Waals surface area (Å²) in [5, 5.41) is 0. The van der Waals surface area contributed by atoms with E-state index in [1.54, 1.807) is 0 Å². The van der Waals surface area contributed by atoms with Crippen LogP contribution < -0.4 is 5.73 Å². The average Bonchev–Trinajstić information content (AvgIpc) is 2.78. The Morgan fingerprint density at radius 2 is 0.935 bits per heavy atom. The largest absolute Gasteiger partial charge is 0.399 e. The van der Waals surface area contributed by atoms with Gasteiger partial charge in [0.15, 0.2) is 0 Å². The third-order valence-corrected chi connectivity index (χ3v) is 7.00. The van der Waals surface area contributed by atoms with E-state index in [4.69, 9.17) is 5.73 Å². The molecule has 1 heteroatoms. The minimum atomic E-state index is 0.818. The highest BCUT2D eigenvalue weighted by molar-refractivity contribution is 5.46. The van der Waals surface area contributed by atoms with Gasteiger partial charge >= 0.3 is 0 Å². The Kier molecular flexibility index (Phi) is 18.9. The molecule has 31 heavy (non-hydrogen) atoms. The summed E-state index contributed by atoms with van der Waals surface area (Å²) in [5.74, 6) is 0.818. The van der Waals surface area contributed by atoms with Crippen LogP contribution in [0.5, 0.6) is 0 Å². The van der Waals surface area contributed by atoms with Gasteiger partial charge in [0, 0.05) is 5.69 Å². The zero-order valence-corrected chi connectivity index (χ0v) is 21.3. The number of hydrogen-bond acceptors (Lipinski definition) is 1. The van der Waals surface area contributed by atoms with Crippen LogP contribution in [0.25, 0.3) is 0 Å². The molecule has 0 spiro atoms. The van der Waals surface area contributed by atoms with Crippen LogP contribution in [0.1, 0.15) is 148 Å². The summed E-state index contributed by atoms with van der Waals surface area (Å²) in [6.45, 7) is 4.60. The number of nitrogens with two attached hydrogens (primary N) is 1. The van der Waals surface area contributed by atoms with Gasteiger partial charge < -0.3 is 5.73 Å². The molecule has 0 heterocycles. The van der Waals surface area contributed by atoms with Gasteiger partial charge in [-0.1, -0.05) is 160 Å². The Hall–Kier alpha value is -0.980.